The molecule has 4 rings (SSSR count). The van der Waals surface area contributed by atoms with Gasteiger partial charge in [0.15, 0.2) is 5.69 Å². The van der Waals surface area contributed by atoms with Crippen LogP contribution in [0.15, 0.2) is 18.2 Å². The molecule has 2 aliphatic heterocycles. The largest absolute Gasteiger partial charge is 0.508 e. The molecule has 1 fully saturated rings. The first-order chi connectivity index (χ1) is 12.1. The van der Waals surface area contributed by atoms with Gasteiger partial charge in [0.25, 0.3) is 5.91 Å². The molecular weight excluding hydrogens is 318 g/mol. The van der Waals surface area contributed by atoms with Crippen molar-refractivity contribution in [3.8, 4) is 5.75 Å². The van der Waals surface area contributed by atoms with Crippen molar-refractivity contribution in [3.05, 3.63) is 40.7 Å². The lowest BCUT2D eigenvalue weighted by Crippen LogP contribution is -2.36. The fraction of sp³-hybridized carbons (Fsp3) is 0.500. The molecule has 0 spiro atoms. The van der Waals surface area contributed by atoms with E-state index >= 15 is 0 Å². The minimum atomic E-state index is -0.0772. The molecule has 7 nitrogen and oxygen atoms in total. The number of rotatable bonds is 2. The van der Waals surface area contributed by atoms with Gasteiger partial charge in [-0.2, -0.15) is 0 Å². The molecule has 1 aromatic heterocycles. The standard InChI is InChI=1S/C18H23N5O2/c1-12-17(20-21-23(12)15-4-7-19-8-5-15)18(25)22-9-6-13-2-3-16(24)10-14(13)11-22/h2-3,10,15,19,24H,4-9,11H2,1H3. The van der Waals surface area contributed by atoms with Gasteiger partial charge in [0, 0.05) is 13.1 Å². The van der Waals surface area contributed by atoms with Gasteiger partial charge in [-0.25, -0.2) is 4.68 Å². The normalized spacial score (nSPS) is 18.2. The van der Waals surface area contributed by atoms with Crippen LogP contribution in [0, 0.1) is 6.92 Å². The van der Waals surface area contributed by atoms with E-state index in [1.807, 2.05) is 17.7 Å². The number of benzene rings is 1. The highest BCUT2D eigenvalue weighted by molar-refractivity contribution is 5.93. The molecule has 0 aliphatic carbocycles. The van der Waals surface area contributed by atoms with E-state index in [0.29, 0.717) is 24.8 Å². The van der Waals surface area contributed by atoms with Gasteiger partial charge in [-0.3, -0.25) is 4.79 Å². The second kappa shape index (κ2) is 6.48. The number of phenols is 1. The average molecular weight is 341 g/mol. The molecule has 1 amide bonds. The number of fused-ring (bicyclic) bond motifs is 1. The Bertz CT molecular complexity index is 795. The van der Waals surface area contributed by atoms with Gasteiger partial charge < -0.3 is 15.3 Å². The summed E-state index contributed by atoms with van der Waals surface area (Å²) in [6.07, 6.45) is 2.81. The number of aromatic hydroxyl groups is 1. The van der Waals surface area contributed by atoms with Crippen LogP contribution in [-0.4, -0.2) is 50.5 Å². The van der Waals surface area contributed by atoms with Gasteiger partial charge in [-0.1, -0.05) is 11.3 Å². The van der Waals surface area contributed by atoms with Crippen molar-refractivity contribution in [2.45, 2.75) is 38.8 Å². The maximum atomic E-state index is 12.9. The summed E-state index contributed by atoms with van der Waals surface area (Å²) >= 11 is 0. The van der Waals surface area contributed by atoms with Gasteiger partial charge in [0.1, 0.15) is 5.75 Å². The van der Waals surface area contributed by atoms with Crippen LogP contribution in [0.4, 0.5) is 0 Å². The number of carbonyl (C=O) groups is 1. The van der Waals surface area contributed by atoms with E-state index in [4.69, 9.17) is 0 Å². The Labute approximate surface area is 146 Å². The first-order valence-electron chi connectivity index (χ1n) is 8.86. The van der Waals surface area contributed by atoms with Crippen molar-refractivity contribution in [1.82, 2.24) is 25.2 Å². The Hall–Kier alpha value is -2.41. The summed E-state index contributed by atoms with van der Waals surface area (Å²) in [4.78, 5) is 14.7. The summed E-state index contributed by atoms with van der Waals surface area (Å²) in [5.41, 5.74) is 3.49. The van der Waals surface area contributed by atoms with Crippen LogP contribution >= 0.6 is 0 Å². The second-order valence-electron chi connectivity index (χ2n) is 6.88. The molecule has 0 unspecified atom stereocenters. The summed E-state index contributed by atoms with van der Waals surface area (Å²) in [5, 5.41) is 21.5. The van der Waals surface area contributed by atoms with Gasteiger partial charge in [0.05, 0.1) is 11.7 Å². The monoisotopic (exact) mass is 341 g/mol. The number of hydrogen-bond acceptors (Lipinski definition) is 5. The van der Waals surface area contributed by atoms with Crippen LogP contribution in [0.5, 0.6) is 5.75 Å². The number of amides is 1. The number of nitrogens with zero attached hydrogens (tertiary/aromatic N) is 4. The van der Waals surface area contributed by atoms with E-state index in [9.17, 15) is 9.90 Å². The topological polar surface area (TPSA) is 83.3 Å². The number of nitrogens with one attached hydrogen (secondary N) is 1. The van der Waals surface area contributed by atoms with E-state index < -0.39 is 0 Å². The molecule has 3 heterocycles. The maximum absolute atomic E-state index is 12.9. The summed E-state index contributed by atoms with van der Waals surface area (Å²) in [6.45, 7) is 5.04. The predicted octanol–water partition coefficient (Wildman–Crippen LogP) is 1.42. The van der Waals surface area contributed by atoms with Crippen molar-refractivity contribution in [3.63, 3.8) is 0 Å². The molecule has 0 atom stereocenters. The lowest BCUT2D eigenvalue weighted by molar-refractivity contribution is 0.0727. The van der Waals surface area contributed by atoms with Crippen molar-refractivity contribution in [2.24, 2.45) is 0 Å². The van der Waals surface area contributed by atoms with Crippen molar-refractivity contribution < 1.29 is 9.90 Å². The van der Waals surface area contributed by atoms with Crippen LogP contribution in [0.3, 0.4) is 0 Å². The van der Waals surface area contributed by atoms with Crippen LogP contribution in [0.1, 0.15) is 46.2 Å². The zero-order chi connectivity index (χ0) is 17.4. The van der Waals surface area contributed by atoms with E-state index in [0.717, 1.165) is 43.6 Å². The zero-order valence-electron chi connectivity index (χ0n) is 14.4. The quantitative estimate of drug-likeness (QED) is 0.863. The Morgan fingerprint density at radius 3 is 2.88 bits per heavy atom. The van der Waals surface area contributed by atoms with Crippen LogP contribution in [0.2, 0.25) is 0 Å². The third kappa shape index (κ3) is 3.00. The predicted molar refractivity (Wildman–Crippen MR) is 92.5 cm³/mol. The molecule has 7 heteroatoms. The van der Waals surface area contributed by atoms with Crippen LogP contribution in [0.25, 0.3) is 0 Å². The van der Waals surface area contributed by atoms with Gasteiger partial charge in [0.2, 0.25) is 0 Å². The molecule has 2 aliphatic rings. The molecular formula is C18H23N5O2. The summed E-state index contributed by atoms with van der Waals surface area (Å²) in [6, 6.07) is 5.69. The lowest BCUT2D eigenvalue weighted by atomic mass is 9.99. The summed E-state index contributed by atoms with van der Waals surface area (Å²) < 4.78 is 1.91. The number of phenolic OH excluding ortho intramolecular Hbond substituents is 1. The first-order valence-corrected chi connectivity index (χ1v) is 8.86. The number of piperidine rings is 1. The van der Waals surface area contributed by atoms with E-state index in [1.165, 1.54) is 5.56 Å². The molecule has 1 aromatic carbocycles. The van der Waals surface area contributed by atoms with Crippen molar-refractivity contribution in [1.29, 1.82) is 0 Å². The van der Waals surface area contributed by atoms with E-state index in [2.05, 4.69) is 15.6 Å². The summed E-state index contributed by atoms with van der Waals surface area (Å²) in [5.74, 6) is 0.160. The highest BCUT2D eigenvalue weighted by Gasteiger charge is 2.28. The molecule has 2 aromatic rings. The first kappa shape index (κ1) is 16.1. The van der Waals surface area contributed by atoms with Crippen molar-refractivity contribution >= 4 is 5.91 Å². The van der Waals surface area contributed by atoms with E-state index in [1.54, 1.807) is 17.0 Å². The van der Waals surface area contributed by atoms with Gasteiger partial charge in [-0.05, 0) is 62.5 Å². The highest BCUT2D eigenvalue weighted by Crippen LogP contribution is 2.25. The van der Waals surface area contributed by atoms with Gasteiger partial charge in [-0.15, -0.1) is 5.10 Å². The van der Waals surface area contributed by atoms with Crippen LogP contribution in [-0.2, 0) is 13.0 Å². The van der Waals surface area contributed by atoms with E-state index in [-0.39, 0.29) is 11.7 Å². The third-order valence-corrected chi connectivity index (χ3v) is 5.27. The fourth-order valence-corrected chi connectivity index (χ4v) is 3.80. The van der Waals surface area contributed by atoms with Gasteiger partial charge >= 0.3 is 0 Å². The molecule has 0 saturated carbocycles. The average Bonchev–Trinajstić information content (AvgIpc) is 3.02. The Morgan fingerprint density at radius 1 is 1.28 bits per heavy atom. The number of hydrogen-bond donors (Lipinski definition) is 2. The SMILES string of the molecule is Cc1c(C(=O)N2CCc3ccc(O)cc3C2)nnn1C1CCNCC1. The zero-order valence-corrected chi connectivity index (χ0v) is 14.4. The third-order valence-electron chi connectivity index (χ3n) is 5.27. The minimum absolute atomic E-state index is 0.0772. The number of aromatic nitrogens is 3. The van der Waals surface area contributed by atoms with Crippen LogP contribution < -0.4 is 5.32 Å². The minimum Gasteiger partial charge on any atom is -0.508 e. The molecule has 1 saturated heterocycles. The summed E-state index contributed by atoms with van der Waals surface area (Å²) in [7, 11) is 0. The lowest BCUT2D eigenvalue weighted by Gasteiger charge is -2.28. The molecule has 132 valence electrons. The Kier molecular flexibility index (Phi) is 4.17. The second-order valence-corrected chi connectivity index (χ2v) is 6.88. The molecule has 2 N–H and O–H groups in total. The highest BCUT2D eigenvalue weighted by atomic mass is 16.3. The fourth-order valence-electron chi connectivity index (χ4n) is 3.80. The molecule has 0 bridgehead atoms. The molecule has 25 heavy (non-hydrogen) atoms. The Balaban J connectivity index is 1.54. The van der Waals surface area contributed by atoms with Crippen molar-refractivity contribution in [2.75, 3.05) is 19.6 Å². The molecule has 0 radical (unpaired) electrons. The smallest absolute Gasteiger partial charge is 0.276 e. The Morgan fingerprint density at radius 2 is 2.08 bits per heavy atom. The maximum Gasteiger partial charge on any atom is 0.276 e. The number of carbonyl (C=O) groups excluding carboxylic acids is 1.